The van der Waals surface area contributed by atoms with E-state index in [4.69, 9.17) is 0 Å². The summed E-state index contributed by atoms with van der Waals surface area (Å²) >= 11 is 0. The average Bonchev–Trinajstić information content (AvgIpc) is 2.64. The van der Waals surface area contributed by atoms with E-state index >= 15 is 0 Å². The number of aryl methyl sites for hydroxylation is 1. The molecule has 0 radical (unpaired) electrons. The topological polar surface area (TPSA) is 105 Å². The van der Waals surface area contributed by atoms with Crippen LogP contribution in [0.25, 0.3) is 0 Å². The van der Waals surface area contributed by atoms with Gasteiger partial charge in [0.15, 0.2) is 0 Å². The van der Waals surface area contributed by atoms with Crippen LogP contribution in [0, 0.1) is 10.1 Å². The summed E-state index contributed by atoms with van der Waals surface area (Å²) in [5.41, 5.74) is -0.462. The average molecular weight is 263 g/mol. The molecule has 1 N–H and O–H groups in total. The number of fused-ring (bicyclic) bond motifs is 1. The Morgan fingerprint density at radius 3 is 2.63 bits per heavy atom. The van der Waals surface area contributed by atoms with Crippen molar-refractivity contribution in [1.82, 2.24) is 0 Å². The molecule has 2 rings (SSSR count). The maximum Gasteiger partial charge on any atom is 0.368 e. The Hall–Kier alpha value is -2.15. The van der Waals surface area contributed by atoms with Crippen molar-refractivity contribution in [2.24, 2.45) is 9.98 Å². The lowest BCUT2D eigenvalue weighted by Crippen LogP contribution is -2.28. The molecule has 0 unspecified atom stereocenters. The summed E-state index contributed by atoms with van der Waals surface area (Å²) in [6.45, 7) is 3.30. The maximum absolute atomic E-state index is 11.2. The van der Waals surface area contributed by atoms with Crippen molar-refractivity contribution in [3.8, 4) is 0 Å². The van der Waals surface area contributed by atoms with Crippen LogP contribution in [0.5, 0.6) is 0 Å². The molecule has 0 aliphatic carbocycles. The van der Waals surface area contributed by atoms with Gasteiger partial charge in [-0.15, -0.1) is 0 Å². The van der Waals surface area contributed by atoms with Crippen molar-refractivity contribution in [1.29, 1.82) is 0 Å². The van der Waals surface area contributed by atoms with Crippen LogP contribution in [0.2, 0.25) is 0 Å². The Kier molecular flexibility index (Phi) is 3.15. The van der Waals surface area contributed by atoms with Gasteiger partial charge < -0.3 is 5.11 Å². The summed E-state index contributed by atoms with van der Waals surface area (Å²) in [6, 6.07) is 1.96. The third-order valence-corrected chi connectivity index (χ3v) is 2.79. The van der Waals surface area contributed by atoms with Crippen molar-refractivity contribution >= 4 is 11.7 Å². The number of rotatable bonds is 4. The predicted molar refractivity (Wildman–Crippen MR) is 65.4 cm³/mol. The molecule has 100 valence electrons. The molecule has 7 heteroatoms. The molecule has 0 aromatic heterocycles. The highest BCUT2D eigenvalue weighted by Gasteiger charge is 2.18. The smallest absolute Gasteiger partial charge is 0.368 e. The minimum Gasteiger partial charge on any atom is -0.390 e. The molecule has 1 aromatic carbocycles. The molecule has 0 saturated heterocycles. The fraction of sp³-hybridized carbons (Fsp3) is 0.417. The van der Waals surface area contributed by atoms with Crippen LogP contribution in [0.4, 0.5) is 10.5 Å². The number of non-ortho nitro benzene ring substituents is 1. The fourth-order valence-electron chi connectivity index (χ4n) is 1.84. The normalized spacial score (nSPS) is 13.7. The van der Waals surface area contributed by atoms with Crippen LogP contribution >= 0.6 is 0 Å². The number of carbonyl (C=O) groups excluding carboxylic acids is 1. The highest BCUT2D eigenvalue weighted by atomic mass is 16.6. The number of urea groups is 1. The number of carbonyl (C=O) groups is 1. The Morgan fingerprint density at radius 2 is 2.05 bits per heavy atom. The van der Waals surface area contributed by atoms with Crippen molar-refractivity contribution in [3.05, 3.63) is 38.5 Å². The van der Waals surface area contributed by atoms with E-state index in [1.165, 1.54) is 12.1 Å². The van der Waals surface area contributed by atoms with Crippen molar-refractivity contribution in [2.45, 2.75) is 32.3 Å². The molecule has 0 bridgehead atoms. The van der Waals surface area contributed by atoms with Crippen LogP contribution in [-0.2, 0) is 6.42 Å². The second kappa shape index (κ2) is 4.51. The molecule has 1 aliphatic heterocycles. The molecule has 2 amide bonds. The van der Waals surface area contributed by atoms with Gasteiger partial charge in [-0.2, -0.15) is 9.98 Å². The van der Waals surface area contributed by atoms with Gasteiger partial charge in [0.25, 0.3) is 5.69 Å². The predicted octanol–water partition coefficient (Wildman–Crippen LogP) is 0.671. The lowest BCUT2D eigenvalue weighted by Gasteiger charge is -2.16. The van der Waals surface area contributed by atoms with E-state index in [1.54, 1.807) is 13.8 Å². The zero-order valence-corrected chi connectivity index (χ0v) is 10.6. The zero-order chi connectivity index (χ0) is 14.2. The standard InChI is InChI=1S/C12H13N3O4/c1-12(2,17)4-3-7-5-8(15(18)19)6-9-10(7)14-11(16)13-9/h5-6,17H,3-4H2,1-2H3. The first kappa shape index (κ1) is 13.3. The summed E-state index contributed by atoms with van der Waals surface area (Å²) in [5, 5.41) is 21.1. The minimum atomic E-state index is -0.892. The van der Waals surface area contributed by atoms with Gasteiger partial charge in [-0.1, -0.05) is 0 Å². The van der Waals surface area contributed by atoms with Gasteiger partial charge in [0, 0.05) is 12.1 Å². The molecule has 0 fully saturated rings. The number of nitro groups is 1. The summed E-state index contributed by atoms with van der Waals surface area (Å²) < 4.78 is 0. The molecule has 19 heavy (non-hydrogen) atoms. The second-order valence-electron chi connectivity index (χ2n) is 5.05. The molecule has 0 atom stereocenters. The van der Waals surface area contributed by atoms with Crippen LogP contribution in [-0.4, -0.2) is 21.7 Å². The summed E-state index contributed by atoms with van der Waals surface area (Å²) in [5.74, 6) is 0. The van der Waals surface area contributed by atoms with Gasteiger partial charge in [0.2, 0.25) is 0 Å². The molecule has 1 aromatic rings. The van der Waals surface area contributed by atoms with Crippen LogP contribution in [0.15, 0.2) is 22.1 Å². The Bertz CT molecular complexity index is 673. The quantitative estimate of drug-likeness (QED) is 0.636. The van der Waals surface area contributed by atoms with Crippen LogP contribution in [0.1, 0.15) is 25.8 Å². The molecule has 1 aliphatic rings. The second-order valence-corrected chi connectivity index (χ2v) is 5.05. The number of aliphatic hydroxyl groups is 1. The molecule has 0 spiro atoms. The molecule has 7 nitrogen and oxygen atoms in total. The first-order valence-electron chi connectivity index (χ1n) is 5.77. The van der Waals surface area contributed by atoms with E-state index in [2.05, 4.69) is 9.98 Å². The lowest BCUT2D eigenvalue weighted by molar-refractivity contribution is -0.385. The van der Waals surface area contributed by atoms with E-state index in [0.717, 1.165) is 0 Å². The molecular weight excluding hydrogens is 250 g/mol. The number of amides is 2. The molecular formula is C12H13N3O4. The Balaban J connectivity index is 2.49. The SMILES string of the molecule is CC(C)(O)CCc1cc([N+](=O)[O-])cc2c1=NC(=O)N=2. The van der Waals surface area contributed by atoms with Crippen LogP contribution in [0.3, 0.4) is 0 Å². The Morgan fingerprint density at radius 1 is 1.37 bits per heavy atom. The zero-order valence-electron chi connectivity index (χ0n) is 10.6. The highest BCUT2D eigenvalue weighted by Crippen LogP contribution is 2.14. The Labute approximate surface area is 108 Å². The van der Waals surface area contributed by atoms with E-state index in [9.17, 15) is 20.0 Å². The minimum absolute atomic E-state index is 0.127. The largest absolute Gasteiger partial charge is 0.390 e. The van der Waals surface area contributed by atoms with Gasteiger partial charge in [-0.25, -0.2) is 4.79 Å². The van der Waals surface area contributed by atoms with Gasteiger partial charge in [-0.3, -0.25) is 10.1 Å². The number of nitro benzene ring substituents is 1. The van der Waals surface area contributed by atoms with Crippen molar-refractivity contribution in [2.75, 3.05) is 0 Å². The first-order chi connectivity index (χ1) is 8.76. The monoisotopic (exact) mass is 263 g/mol. The number of hydrogen-bond donors (Lipinski definition) is 1. The number of hydrogen-bond acceptors (Lipinski definition) is 4. The molecule has 0 saturated carbocycles. The van der Waals surface area contributed by atoms with Gasteiger partial charge in [0.05, 0.1) is 15.9 Å². The van der Waals surface area contributed by atoms with Crippen molar-refractivity contribution in [3.63, 3.8) is 0 Å². The highest BCUT2D eigenvalue weighted by molar-refractivity contribution is 5.77. The fourth-order valence-corrected chi connectivity index (χ4v) is 1.84. The van der Waals surface area contributed by atoms with Crippen molar-refractivity contribution < 1.29 is 14.8 Å². The third-order valence-electron chi connectivity index (χ3n) is 2.79. The summed E-state index contributed by atoms with van der Waals surface area (Å²) in [7, 11) is 0. The number of benzene rings is 1. The third kappa shape index (κ3) is 3.00. The summed E-state index contributed by atoms with van der Waals surface area (Å²) in [6.07, 6.45) is 0.796. The van der Waals surface area contributed by atoms with Gasteiger partial charge >= 0.3 is 6.03 Å². The van der Waals surface area contributed by atoms with E-state index in [0.29, 0.717) is 23.8 Å². The van der Waals surface area contributed by atoms with E-state index in [-0.39, 0.29) is 11.0 Å². The van der Waals surface area contributed by atoms with Gasteiger partial charge in [0.1, 0.15) is 5.36 Å². The summed E-state index contributed by atoms with van der Waals surface area (Å²) in [4.78, 5) is 28.9. The lowest BCUT2D eigenvalue weighted by atomic mass is 9.98. The number of nitrogens with zero attached hydrogens (tertiary/aromatic N) is 3. The van der Waals surface area contributed by atoms with Gasteiger partial charge in [-0.05, 0) is 32.3 Å². The first-order valence-corrected chi connectivity index (χ1v) is 5.77. The molecule has 1 heterocycles. The van der Waals surface area contributed by atoms with E-state index < -0.39 is 16.6 Å². The van der Waals surface area contributed by atoms with Crippen LogP contribution < -0.4 is 10.7 Å². The van der Waals surface area contributed by atoms with E-state index in [1.807, 2.05) is 0 Å². The maximum atomic E-state index is 11.2.